The van der Waals surface area contributed by atoms with Gasteiger partial charge in [0.2, 0.25) is 0 Å². The summed E-state index contributed by atoms with van der Waals surface area (Å²) in [6.45, 7) is 0.703. The Bertz CT molecular complexity index is 969. The van der Waals surface area contributed by atoms with Crippen LogP contribution in [-0.4, -0.2) is 27.4 Å². The van der Waals surface area contributed by atoms with Gasteiger partial charge in [0.15, 0.2) is 5.65 Å². The summed E-state index contributed by atoms with van der Waals surface area (Å²) in [6, 6.07) is 6.22. The average molecular weight is 341 g/mol. The van der Waals surface area contributed by atoms with Crippen LogP contribution in [0.4, 0.5) is 5.82 Å². The number of hydrogen-bond acceptors (Lipinski definition) is 4. The number of pyridine rings is 1. The second kappa shape index (κ2) is 5.32. The molecule has 3 fully saturated rings. The van der Waals surface area contributed by atoms with E-state index >= 15 is 0 Å². The molecule has 0 aliphatic heterocycles. The van der Waals surface area contributed by atoms with Gasteiger partial charge in [-0.1, -0.05) is 6.07 Å². The Morgan fingerprint density at radius 1 is 1.19 bits per heavy atom. The number of anilines is 1. The molecule has 0 spiro atoms. The molecule has 0 aromatic carbocycles. The monoisotopic (exact) mass is 341 g/mol. The first kappa shape index (κ1) is 14.8. The molecular formula is C20H20BN5. The van der Waals surface area contributed by atoms with Gasteiger partial charge in [0.25, 0.3) is 0 Å². The lowest BCUT2D eigenvalue weighted by Gasteiger charge is -2.13. The Balaban J connectivity index is 1.36. The normalized spacial score (nSPS) is 31.3. The number of fused-ring (bicyclic) bond motifs is 6. The van der Waals surface area contributed by atoms with E-state index in [0.29, 0.717) is 17.9 Å². The average Bonchev–Trinajstić information content (AvgIpc) is 2.95. The maximum Gasteiger partial charge on any atom is 0.150 e. The number of nitrogens with zero attached hydrogens (tertiary/aromatic N) is 4. The standard InChI is InChI=1S/C20H20BN5/c21-14-10-24-26-16(23-9-11-2-1-5-22-8-11)7-15(25-20(14)26)19-17-12-3-4-13(6-12)18(17)19/h1-2,5,7-8,10,12-13,17-19,23H,3-4,6,9H2. The molecule has 0 saturated heterocycles. The fraction of sp³-hybridized carbons (Fsp3) is 0.450. The fourth-order valence-electron chi connectivity index (χ4n) is 5.71. The van der Waals surface area contributed by atoms with Crippen LogP contribution in [0.3, 0.4) is 0 Å². The molecule has 3 aromatic heterocycles. The Hall–Kier alpha value is -2.37. The minimum atomic E-state index is 0.625. The van der Waals surface area contributed by atoms with Crippen molar-refractivity contribution in [2.45, 2.75) is 31.7 Å². The van der Waals surface area contributed by atoms with E-state index in [0.717, 1.165) is 40.7 Å². The van der Waals surface area contributed by atoms with Gasteiger partial charge in [-0.2, -0.15) is 9.61 Å². The highest BCUT2D eigenvalue weighted by molar-refractivity contribution is 6.36. The first-order chi connectivity index (χ1) is 12.8. The molecule has 6 rings (SSSR count). The van der Waals surface area contributed by atoms with E-state index in [1.165, 1.54) is 25.0 Å². The van der Waals surface area contributed by atoms with E-state index in [2.05, 4.69) is 27.5 Å². The van der Waals surface area contributed by atoms with Crippen LogP contribution in [0.1, 0.15) is 36.4 Å². The first-order valence-electron chi connectivity index (χ1n) is 9.56. The van der Waals surface area contributed by atoms with Crippen LogP contribution in [0.25, 0.3) is 5.65 Å². The lowest BCUT2D eigenvalue weighted by molar-refractivity contribution is 0.456. The van der Waals surface area contributed by atoms with Gasteiger partial charge >= 0.3 is 0 Å². The topological polar surface area (TPSA) is 55.1 Å². The number of hydrogen-bond donors (Lipinski definition) is 1. The van der Waals surface area contributed by atoms with E-state index in [1.54, 1.807) is 12.4 Å². The van der Waals surface area contributed by atoms with E-state index in [9.17, 15) is 0 Å². The predicted molar refractivity (Wildman–Crippen MR) is 100 cm³/mol. The SMILES string of the molecule is [B]c1cnn2c(NCc3cccnc3)cc(C3C4C5CCC(C5)C34)nc12. The summed E-state index contributed by atoms with van der Waals surface area (Å²) < 4.78 is 1.82. The van der Waals surface area contributed by atoms with Crippen LogP contribution in [0, 0.1) is 23.7 Å². The summed E-state index contributed by atoms with van der Waals surface area (Å²) in [5.41, 5.74) is 3.75. The molecule has 3 heterocycles. The van der Waals surface area contributed by atoms with Gasteiger partial charge in [0.1, 0.15) is 13.7 Å². The number of aromatic nitrogens is 4. The Morgan fingerprint density at radius 2 is 2.04 bits per heavy atom. The van der Waals surface area contributed by atoms with E-state index < -0.39 is 0 Å². The summed E-state index contributed by atoms with van der Waals surface area (Å²) in [7, 11) is 6.14. The quantitative estimate of drug-likeness (QED) is 0.740. The van der Waals surface area contributed by atoms with E-state index in [4.69, 9.17) is 12.8 Å². The minimum absolute atomic E-state index is 0.625. The zero-order chi connectivity index (χ0) is 17.3. The highest BCUT2D eigenvalue weighted by atomic mass is 15.3. The highest BCUT2D eigenvalue weighted by Gasteiger charge is 2.65. The Labute approximate surface area is 153 Å². The van der Waals surface area contributed by atoms with Crippen LogP contribution in [-0.2, 0) is 6.54 Å². The maximum absolute atomic E-state index is 6.14. The molecule has 5 nitrogen and oxygen atoms in total. The van der Waals surface area contributed by atoms with Gasteiger partial charge in [-0.05, 0) is 60.0 Å². The lowest BCUT2D eigenvalue weighted by Crippen LogP contribution is -2.11. The zero-order valence-electron chi connectivity index (χ0n) is 14.5. The summed E-state index contributed by atoms with van der Waals surface area (Å²) in [6.07, 6.45) is 9.66. The van der Waals surface area contributed by atoms with Crippen LogP contribution in [0.2, 0.25) is 0 Å². The Kier molecular flexibility index (Phi) is 3.02. The van der Waals surface area contributed by atoms with Crippen molar-refractivity contribution in [3.63, 3.8) is 0 Å². The molecule has 2 radical (unpaired) electrons. The van der Waals surface area contributed by atoms with Gasteiger partial charge in [-0.25, -0.2) is 4.98 Å². The van der Waals surface area contributed by atoms with Crippen molar-refractivity contribution in [1.29, 1.82) is 0 Å². The third kappa shape index (κ3) is 2.07. The molecule has 0 amide bonds. The van der Waals surface area contributed by atoms with Crippen molar-refractivity contribution in [1.82, 2.24) is 19.6 Å². The maximum atomic E-state index is 6.14. The molecule has 3 saturated carbocycles. The second-order valence-electron chi connectivity index (χ2n) is 8.13. The van der Waals surface area contributed by atoms with Crippen molar-refractivity contribution >= 4 is 24.8 Å². The molecule has 2 bridgehead atoms. The van der Waals surface area contributed by atoms with Crippen molar-refractivity contribution < 1.29 is 0 Å². The van der Waals surface area contributed by atoms with Gasteiger partial charge < -0.3 is 5.32 Å². The van der Waals surface area contributed by atoms with E-state index in [-0.39, 0.29) is 0 Å². The zero-order valence-corrected chi connectivity index (χ0v) is 14.5. The molecule has 4 atom stereocenters. The molecule has 4 unspecified atom stereocenters. The summed E-state index contributed by atoms with van der Waals surface area (Å²) >= 11 is 0. The second-order valence-corrected chi connectivity index (χ2v) is 8.13. The number of rotatable bonds is 4. The van der Waals surface area contributed by atoms with Crippen LogP contribution in [0.15, 0.2) is 36.8 Å². The van der Waals surface area contributed by atoms with Crippen molar-refractivity contribution in [3.8, 4) is 0 Å². The van der Waals surface area contributed by atoms with Gasteiger partial charge in [-0.3, -0.25) is 4.98 Å². The summed E-state index contributed by atoms with van der Waals surface area (Å²) in [5, 5.41) is 7.93. The van der Waals surface area contributed by atoms with Crippen LogP contribution >= 0.6 is 0 Å². The molecule has 128 valence electrons. The molecule has 3 aliphatic carbocycles. The first-order valence-corrected chi connectivity index (χ1v) is 9.56. The molecule has 26 heavy (non-hydrogen) atoms. The molecule has 6 heteroatoms. The van der Waals surface area contributed by atoms with Gasteiger partial charge in [-0.15, -0.1) is 0 Å². The van der Waals surface area contributed by atoms with Crippen molar-refractivity contribution in [2.24, 2.45) is 23.7 Å². The largest absolute Gasteiger partial charge is 0.366 e. The fourth-order valence-corrected chi connectivity index (χ4v) is 5.71. The van der Waals surface area contributed by atoms with Crippen molar-refractivity contribution in [2.75, 3.05) is 5.32 Å². The molecule has 3 aromatic rings. The van der Waals surface area contributed by atoms with Crippen LogP contribution in [0.5, 0.6) is 0 Å². The van der Waals surface area contributed by atoms with Crippen molar-refractivity contribution in [3.05, 3.63) is 48.0 Å². The van der Waals surface area contributed by atoms with Crippen LogP contribution < -0.4 is 10.8 Å². The van der Waals surface area contributed by atoms with Gasteiger partial charge in [0.05, 0.1) is 5.69 Å². The summed E-state index contributed by atoms with van der Waals surface area (Å²) in [5.74, 6) is 5.17. The lowest BCUT2D eigenvalue weighted by atomic mass is 9.99. The summed E-state index contributed by atoms with van der Waals surface area (Å²) in [4.78, 5) is 9.10. The number of nitrogens with one attached hydrogen (secondary N) is 1. The third-order valence-corrected chi connectivity index (χ3v) is 6.79. The van der Waals surface area contributed by atoms with Gasteiger partial charge in [0, 0.05) is 37.1 Å². The minimum Gasteiger partial charge on any atom is -0.366 e. The van der Waals surface area contributed by atoms with E-state index in [1.807, 2.05) is 16.8 Å². The third-order valence-electron chi connectivity index (χ3n) is 6.79. The smallest absolute Gasteiger partial charge is 0.150 e. The molecule has 1 N–H and O–H groups in total. The molecular weight excluding hydrogens is 321 g/mol. The molecule has 3 aliphatic rings. The Morgan fingerprint density at radius 3 is 2.81 bits per heavy atom. The predicted octanol–water partition coefficient (Wildman–Crippen LogP) is 2.29. The highest BCUT2D eigenvalue weighted by Crippen LogP contribution is 2.72.